The molecule has 0 atom stereocenters. The largest absolute Gasteiger partial charge is 0.453 e. The Morgan fingerprint density at radius 2 is 1.86 bits per heavy atom. The molecule has 0 amide bonds. The highest BCUT2D eigenvalue weighted by molar-refractivity contribution is 5.96. The Labute approximate surface area is 120 Å². The number of nitrogens with zero attached hydrogens (tertiary/aromatic N) is 2. The predicted octanol–water partition coefficient (Wildman–Crippen LogP) is 3.20. The molecule has 2 aromatic rings. The quantitative estimate of drug-likeness (QED) is 0.304. The number of rotatable bonds is 0. The molecule has 2 aromatic carbocycles. The zero-order valence-corrected chi connectivity index (χ0v) is 11.5. The van der Waals surface area contributed by atoms with Crippen LogP contribution in [0, 0.1) is 0 Å². The number of nitrogens with two attached hydrogens (primary N) is 1. The van der Waals surface area contributed by atoms with E-state index in [2.05, 4.69) is 4.99 Å². The van der Waals surface area contributed by atoms with E-state index >= 15 is 0 Å². The van der Waals surface area contributed by atoms with E-state index in [-0.39, 0.29) is 0 Å². The summed E-state index contributed by atoms with van der Waals surface area (Å²) in [6, 6.07) is 15.5. The number of fused-ring (bicyclic) bond motifs is 4. The van der Waals surface area contributed by atoms with Crippen molar-refractivity contribution in [2.75, 3.05) is 12.8 Å². The van der Waals surface area contributed by atoms with E-state index < -0.39 is 0 Å². The summed E-state index contributed by atoms with van der Waals surface area (Å²) in [6.07, 6.45) is 0. The van der Waals surface area contributed by atoms with Crippen LogP contribution in [0.5, 0.6) is 0 Å². The number of hydrogen-bond acceptors (Lipinski definition) is 4. The van der Waals surface area contributed by atoms with Crippen molar-refractivity contribution in [3.63, 3.8) is 0 Å². The lowest BCUT2D eigenvalue weighted by atomic mass is 10.0. The van der Waals surface area contributed by atoms with Crippen LogP contribution < -0.4 is 11.1 Å². The fourth-order valence-corrected chi connectivity index (χ4v) is 2.64. The van der Waals surface area contributed by atoms with Gasteiger partial charge in [-0.05, 0) is 12.1 Å². The Morgan fingerprint density at radius 1 is 1.05 bits per heavy atom. The lowest BCUT2D eigenvalue weighted by molar-refractivity contribution is 0.614. The smallest absolute Gasteiger partial charge is 0.155 e. The molecule has 4 heteroatoms. The second kappa shape index (κ2) is 4.31. The number of aromatic nitrogens is 1. The van der Waals surface area contributed by atoms with Crippen molar-refractivity contribution < 1.29 is 4.42 Å². The monoisotopic (exact) mass is 275 g/mol. The maximum absolute atomic E-state index is 5.98. The molecule has 0 fully saturated rings. The van der Waals surface area contributed by atoms with Crippen molar-refractivity contribution in [3.05, 3.63) is 53.9 Å². The molecule has 1 aliphatic carbocycles. The standard InChI is InChI=1S/C17H13N3O/c1-19-14-9-16-17(12-5-3-2-4-11(12)14)20-13-7-6-10(18)8-15(13)21-16/h2-9H,18H2,1H3. The van der Waals surface area contributed by atoms with Gasteiger partial charge in [-0.15, -0.1) is 0 Å². The lowest BCUT2D eigenvalue weighted by Crippen LogP contribution is -2.05. The van der Waals surface area contributed by atoms with Crippen LogP contribution in [-0.2, 0) is 0 Å². The fraction of sp³-hybridized carbons (Fsp3) is 0.0588. The molecule has 0 bridgehead atoms. The average molecular weight is 275 g/mol. The van der Waals surface area contributed by atoms with E-state index in [0.29, 0.717) is 17.0 Å². The summed E-state index contributed by atoms with van der Waals surface area (Å²) in [6.45, 7) is 0. The highest BCUT2D eigenvalue weighted by Gasteiger charge is 2.14. The van der Waals surface area contributed by atoms with Gasteiger partial charge < -0.3 is 10.2 Å². The molecule has 0 unspecified atom stereocenters. The summed E-state index contributed by atoms with van der Waals surface area (Å²) in [7, 11) is 1.78. The van der Waals surface area contributed by atoms with Gasteiger partial charge in [0.2, 0.25) is 0 Å². The van der Waals surface area contributed by atoms with Crippen LogP contribution in [0.15, 0.2) is 57.9 Å². The number of nitrogen functional groups attached to an aromatic ring is 1. The second-order valence-electron chi connectivity index (χ2n) is 4.95. The summed E-state index contributed by atoms with van der Waals surface area (Å²) < 4.78 is 5.98. The van der Waals surface area contributed by atoms with E-state index in [0.717, 1.165) is 27.3 Å². The van der Waals surface area contributed by atoms with Gasteiger partial charge in [-0.2, -0.15) is 0 Å². The highest BCUT2D eigenvalue weighted by atomic mass is 16.3. The summed E-state index contributed by atoms with van der Waals surface area (Å²) in [5.41, 5.74) is 8.79. The summed E-state index contributed by atoms with van der Waals surface area (Å²) >= 11 is 0. The summed E-state index contributed by atoms with van der Waals surface area (Å²) in [5.74, 6) is 0.715. The van der Waals surface area contributed by atoms with Crippen molar-refractivity contribution in [1.29, 1.82) is 0 Å². The van der Waals surface area contributed by atoms with E-state index in [1.54, 1.807) is 13.1 Å². The van der Waals surface area contributed by atoms with Gasteiger partial charge in [-0.25, -0.2) is 4.98 Å². The van der Waals surface area contributed by atoms with Crippen LogP contribution in [0.1, 0.15) is 0 Å². The summed E-state index contributed by atoms with van der Waals surface area (Å²) in [5, 5.41) is 3.01. The molecule has 2 N–H and O–H groups in total. The van der Waals surface area contributed by atoms with Crippen molar-refractivity contribution in [1.82, 2.24) is 4.98 Å². The van der Waals surface area contributed by atoms with Gasteiger partial charge in [-0.3, -0.25) is 4.99 Å². The predicted molar refractivity (Wildman–Crippen MR) is 84.0 cm³/mol. The molecule has 0 aromatic heterocycles. The number of anilines is 1. The maximum atomic E-state index is 5.98. The van der Waals surface area contributed by atoms with Crippen LogP contribution in [0.2, 0.25) is 0 Å². The van der Waals surface area contributed by atoms with E-state index in [9.17, 15) is 0 Å². The van der Waals surface area contributed by atoms with Gasteiger partial charge in [0.1, 0.15) is 11.2 Å². The normalized spacial score (nSPS) is 12.5. The van der Waals surface area contributed by atoms with Gasteiger partial charge in [0, 0.05) is 35.6 Å². The van der Waals surface area contributed by atoms with Crippen molar-refractivity contribution in [2.45, 2.75) is 0 Å². The molecule has 1 heterocycles. The minimum atomic E-state index is 0.661. The van der Waals surface area contributed by atoms with Crippen molar-refractivity contribution >= 4 is 27.6 Å². The maximum Gasteiger partial charge on any atom is 0.155 e. The molecule has 0 radical (unpaired) electrons. The minimum absolute atomic E-state index is 0.661. The van der Waals surface area contributed by atoms with E-state index in [1.807, 2.05) is 42.5 Å². The zero-order valence-electron chi connectivity index (χ0n) is 11.5. The van der Waals surface area contributed by atoms with Gasteiger partial charge in [0.15, 0.2) is 11.3 Å². The van der Waals surface area contributed by atoms with Crippen LogP contribution in [-0.4, -0.2) is 12.0 Å². The number of benzene rings is 3. The molecule has 4 rings (SSSR count). The van der Waals surface area contributed by atoms with Gasteiger partial charge in [0.05, 0.1) is 5.36 Å². The fourth-order valence-electron chi connectivity index (χ4n) is 2.64. The molecule has 2 aliphatic rings. The third kappa shape index (κ3) is 1.76. The molecule has 21 heavy (non-hydrogen) atoms. The SMILES string of the molecule is CN=c1cc2oc3cc(N)ccc3nc-2c2ccccc12. The molecular weight excluding hydrogens is 262 g/mol. The average Bonchev–Trinajstić information content (AvgIpc) is 2.52. The van der Waals surface area contributed by atoms with Gasteiger partial charge >= 0.3 is 0 Å². The van der Waals surface area contributed by atoms with E-state index in [4.69, 9.17) is 15.1 Å². The Kier molecular flexibility index (Phi) is 2.44. The molecule has 102 valence electrons. The number of hydrogen-bond donors (Lipinski definition) is 1. The Bertz CT molecular complexity index is 1020. The van der Waals surface area contributed by atoms with Crippen LogP contribution >= 0.6 is 0 Å². The first-order chi connectivity index (χ1) is 10.3. The first-order valence-corrected chi connectivity index (χ1v) is 6.71. The first-order valence-electron chi connectivity index (χ1n) is 6.71. The molecule has 1 aliphatic heterocycles. The molecule has 4 nitrogen and oxygen atoms in total. The third-order valence-electron chi connectivity index (χ3n) is 3.64. The zero-order chi connectivity index (χ0) is 14.4. The third-order valence-corrected chi connectivity index (χ3v) is 3.64. The topological polar surface area (TPSA) is 64.4 Å². The molecule has 0 saturated heterocycles. The van der Waals surface area contributed by atoms with Crippen molar-refractivity contribution in [3.8, 4) is 11.5 Å². The minimum Gasteiger partial charge on any atom is -0.453 e. The summed E-state index contributed by atoms with van der Waals surface area (Å²) in [4.78, 5) is 9.07. The van der Waals surface area contributed by atoms with Crippen LogP contribution in [0.25, 0.3) is 33.3 Å². The Balaban J connectivity index is 2.26. The first kappa shape index (κ1) is 11.9. The molecular formula is C17H13N3O. The lowest BCUT2D eigenvalue weighted by Gasteiger charge is -2.10. The van der Waals surface area contributed by atoms with Crippen LogP contribution in [0.3, 0.4) is 0 Å². The Morgan fingerprint density at radius 3 is 2.67 bits per heavy atom. The highest BCUT2D eigenvalue weighted by Crippen LogP contribution is 2.30. The molecule has 0 spiro atoms. The second-order valence-corrected chi connectivity index (χ2v) is 4.95. The Hall–Kier alpha value is -2.88. The van der Waals surface area contributed by atoms with Gasteiger partial charge in [-0.1, -0.05) is 24.3 Å². The van der Waals surface area contributed by atoms with E-state index in [1.165, 1.54) is 0 Å². The van der Waals surface area contributed by atoms with Gasteiger partial charge in [0.25, 0.3) is 0 Å². The van der Waals surface area contributed by atoms with Crippen LogP contribution in [0.4, 0.5) is 5.69 Å². The van der Waals surface area contributed by atoms with Crippen molar-refractivity contribution in [2.24, 2.45) is 4.99 Å². The molecule has 0 saturated carbocycles.